The van der Waals surface area contributed by atoms with Crippen molar-refractivity contribution in [3.05, 3.63) is 41.2 Å². The number of rotatable bonds is 3. The molecule has 21 heavy (non-hydrogen) atoms. The van der Waals surface area contributed by atoms with Crippen LogP contribution in [0.1, 0.15) is 23.9 Å². The fraction of sp³-hybridized carbons (Fsp3) is 0.286. The average molecular weight is 319 g/mol. The zero-order valence-corrected chi connectivity index (χ0v) is 14.0. The van der Waals surface area contributed by atoms with E-state index in [1.807, 2.05) is 32.2 Å². The van der Waals surface area contributed by atoms with E-state index < -0.39 is 0 Å². The van der Waals surface area contributed by atoms with Crippen LogP contribution in [-0.2, 0) is 0 Å². The standard InChI is InChI=1S/C14H17N5S2/c1-9-5-7-12(8-6-9)19-11(3)13(16-18-19)10(2)15-17-14(20)21-4/h5-8H,1-4H3,(H,17,20)/b15-10+. The highest BCUT2D eigenvalue weighted by Gasteiger charge is 2.12. The van der Waals surface area contributed by atoms with Gasteiger partial charge in [-0.2, -0.15) is 5.10 Å². The molecule has 0 amide bonds. The van der Waals surface area contributed by atoms with Crippen molar-refractivity contribution in [2.24, 2.45) is 5.10 Å². The third-order valence-corrected chi connectivity index (χ3v) is 4.07. The van der Waals surface area contributed by atoms with E-state index in [9.17, 15) is 0 Å². The lowest BCUT2D eigenvalue weighted by Crippen LogP contribution is -2.14. The van der Waals surface area contributed by atoms with Gasteiger partial charge in [-0.1, -0.05) is 46.9 Å². The Kier molecular flexibility index (Phi) is 5.08. The predicted molar refractivity (Wildman–Crippen MR) is 92.3 cm³/mol. The Hall–Kier alpha value is -1.73. The smallest absolute Gasteiger partial charge is 0.153 e. The molecule has 0 saturated carbocycles. The molecule has 7 heteroatoms. The predicted octanol–water partition coefficient (Wildman–Crippen LogP) is 2.85. The van der Waals surface area contributed by atoms with Gasteiger partial charge in [0.15, 0.2) is 4.32 Å². The number of hydrogen-bond donors (Lipinski definition) is 1. The van der Waals surface area contributed by atoms with Gasteiger partial charge in [0.25, 0.3) is 0 Å². The van der Waals surface area contributed by atoms with Gasteiger partial charge in [0.2, 0.25) is 0 Å². The molecule has 0 radical (unpaired) electrons. The molecular weight excluding hydrogens is 302 g/mol. The van der Waals surface area contributed by atoms with Gasteiger partial charge in [-0.3, -0.25) is 5.43 Å². The molecule has 0 bridgehead atoms. The minimum atomic E-state index is 0.623. The summed E-state index contributed by atoms with van der Waals surface area (Å²) in [7, 11) is 0. The van der Waals surface area contributed by atoms with Crippen LogP contribution in [0.25, 0.3) is 5.69 Å². The van der Waals surface area contributed by atoms with Crippen LogP contribution in [0.3, 0.4) is 0 Å². The van der Waals surface area contributed by atoms with E-state index in [0.717, 1.165) is 22.8 Å². The van der Waals surface area contributed by atoms with Crippen molar-refractivity contribution < 1.29 is 0 Å². The summed E-state index contributed by atoms with van der Waals surface area (Å²) in [4.78, 5) is 0. The summed E-state index contributed by atoms with van der Waals surface area (Å²) in [6.45, 7) is 5.91. The molecule has 1 aromatic carbocycles. The minimum absolute atomic E-state index is 0.623. The fourth-order valence-electron chi connectivity index (χ4n) is 1.82. The van der Waals surface area contributed by atoms with E-state index in [2.05, 4.69) is 39.9 Å². The molecule has 110 valence electrons. The van der Waals surface area contributed by atoms with Crippen molar-refractivity contribution in [1.29, 1.82) is 0 Å². The number of benzene rings is 1. The van der Waals surface area contributed by atoms with Gasteiger partial charge >= 0.3 is 0 Å². The van der Waals surface area contributed by atoms with Crippen molar-refractivity contribution in [2.45, 2.75) is 20.8 Å². The van der Waals surface area contributed by atoms with Gasteiger partial charge < -0.3 is 0 Å². The largest absolute Gasteiger partial charge is 0.262 e. The highest BCUT2D eigenvalue weighted by Crippen LogP contribution is 2.13. The maximum atomic E-state index is 5.05. The first-order valence-electron chi connectivity index (χ1n) is 6.41. The number of aromatic nitrogens is 3. The first-order chi connectivity index (χ1) is 10.0. The quantitative estimate of drug-likeness (QED) is 0.535. The summed E-state index contributed by atoms with van der Waals surface area (Å²) in [6.07, 6.45) is 1.90. The molecule has 1 N–H and O–H groups in total. The molecule has 0 atom stereocenters. The van der Waals surface area contributed by atoms with Crippen molar-refractivity contribution in [2.75, 3.05) is 6.26 Å². The Bertz CT molecular complexity index is 673. The Morgan fingerprint density at radius 1 is 1.29 bits per heavy atom. The van der Waals surface area contributed by atoms with Gasteiger partial charge in [-0.15, -0.1) is 5.10 Å². The van der Waals surface area contributed by atoms with Crippen molar-refractivity contribution in [3.63, 3.8) is 0 Å². The van der Waals surface area contributed by atoms with Crippen molar-refractivity contribution in [1.82, 2.24) is 20.4 Å². The van der Waals surface area contributed by atoms with Crippen LogP contribution in [-0.4, -0.2) is 31.3 Å². The van der Waals surface area contributed by atoms with E-state index in [1.165, 1.54) is 17.3 Å². The van der Waals surface area contributed by atoms with Gasteiger partial charge in [0.1, 0.15) is 5.69 Å². The third-order valence-electron chi connectivity index (χ3n) is 3.02. The molecule has 2 rings (SSSR count). The van der Waals surface area contributed by atoms with Crippen LogP contribution >= 0.6 is 24.0 Å². The number of nitrogens with one attached hydrogen (secondary N) is 1. The Labute approximate surface area is 133 Å². The van der Waals surface area contributed by atoms with Crippen molar-refractivity contribution in [3.8, 4) is 5.69 Å². The maximum Gasteiger partial charge on any atom is 0.153 e. The molecule has 0 spiro atoms. The average Bonchev–Trinajstić information content (AvgIpc) is 2.87. The molecular formula is C14H17N5S2. The maximum absolute atomic E-state index is 5.05. The number of hydrogen-bond acceptors (Lipinski definition) is 5. The molecule has 0 aliphatic rings. The minimum Gasteiger partial charge on any atom is -0.262 e. The molecule has 5 nitrogen and oxygen atoms in total. The first kappa shape index (κ1) is 15.7. The van der Waals surface area contributed by atoms with Crippen LogP contribution in [0.15, 0.2) is 29.4 Å². The monoisotopic (exact) mass is 319 g/mol. The Morgan fingerprint density at radius 2 is 1.95 bits per heavy atom. The number of thioether (sulfide) groups is 1. The summed E-state index contributed by atoms with van der Waals surface area (Å²) < 4.78 is 2.43. The fourth-order valence-corrected chi connectivity index (χ4v) is 2.01. The lowest BCUT2D eigenvalue weighted by Gasteiger charge is -2.04. The van der Waals surface area contributed by atoms with Crippen LogP contribution < -0.4 is 5.43 Å². The number of nitrogens with zero attached hydrogens (tertiary/aromatic N) is 4. The van der Waals surface area contributed by atoms with Gasteiger partial charge in [0, 0.05) is 0 Å². The molecule has 0 aliphatic heterocycles. The van der Waals surface area contributed by atoms with Crippen LogP contribution in [0.4, 0.5) is 0 Å². The molecule has 0 saturated heterocycles. The molecule has 2 aromatic rings. The van der Waals surface area contributed by atoms with Crippen LogP contribution in [0, 0.1) is 13.8 Å². The van der Waals surface area contributed by atoms with Gasteiger partial charge in [-0.05, 0) is 39.2 Å². The number of thiocarbonyl (C=S) groups is 1. The van der Waals surface area contributed by atoms with E-state index >= 15 is 0 Å². The first-order valence-corrected chi connectivity index (χ1v) is 8.04. The van der Waals surface area contributed by atoms with Crippen molar-refractivity contribution >= 4 is 34.0 Å². The topological polar surface area (TPSA) is 55.1 Å². The summed E-state index contributed by atoms with van der Waals surface area (Å²) in [6, 6.07) is 8.15. The highest BCUT2D eigenvalue weighted by molar-refractivity contribution is 8.22. The normalized spacial score (nSPS) is 11.5. The van der Waals surface area contributed by atoms with Crippen LogP contribution in [0.2, 0.25) is 0 Å². The zero-order valence-electron chi connectivity index (χ0n) is 12.4. The zero-order chi connectivity index (χ0) is 15.4. The molecule has 0 unspecified atom stereocenters. The SMILES string of the molecule is CSC(=S)N/N=C(\C)c1nnn(-c2ccc(C)cc2)c1C. The van der Waals surface area contributed by atoms with E-state index in [0.29, 0.717) is 4.32 Å². The highest BCUT2D eigenvalue weighted by atomic mass is 32.2. The van der Waals surface area contributed by atoms with E-state index in [-0.39, 0.29) is 0 Å². The summed E-state index contributed by atoms with van der Waals surface area (Å²) in [5.41, 5.74) is 7.47. The Balaban J connectivity index is 2.28. The second-order valence-electron chi connectivity index (χ2n) is 4.57. The van der Waals surface area contributed by atoms with E-state index in [4.69, 9.17) is 12.2 Å². The molecule has 1 heterocycles. The van der Waals surface area contributed by atoms with Crippen LogP contribution in [0.5, 0.6) is 0 Å². The van der Waals surface area contributed by atoms with Gasteiger partial charge in [0.05, 0.1) is 17.1 Å². The number of aryl methyl sites for hydroxylation is 1. The Morgan fingerprint density at radius 3 is 2.57 bits per heavy atom. The lowest BCUT2D eigenvalue weighted by atomic mass is 10.2. The summed E-state index contributed by atoms with van der Waals surface area (Å²) in [5.74, 6) is 0. The lowest BCUT2D eigenvalue weighted by molar-refractivity contribution is 0.784. The van der Waals surface area contributed by atoms with Gasteiger partial charge in [-0.25, -0.2) is 4.68 Å². The second kappa shape index (κ2) is 6.82. The second-order valence-corrected chi connectivity index (χ2v) is 6.05. The summed E-state index contributed by atoms with van der Waals surface area (Å²) in [5, 5.41) is 12.7. The van der Waals surface area contributed by atoms with E-state index in [1.54, 1.807) is 4.68 Å². The summed E-state index contributed by atoms with van der Waals surface area (Å²) >= 11 is 6.50. The molecule has 0 fully saturated rings. The number of hydrazone groups is 1. The third kappa shape index (κ3) is 3.68. The molecule has 0 aliphatic carbocycles. The molecule has 1 aromatic heterocycles.